The molecule has 2 unspecified atom stereocenters. The lowest BCUT2D eigenvalue weighted by Crippen LogP contribution is -2.16. The Morgan fingerprint density at radius 1 is 0.464 bits per heavy atom. The van der Waals surface area contributed by atoms with E-state index in [0.29, 0.717) is 12.2 Å². The highest BCUT2D eigenvalue weighted by molar-refractivity contribution is 6.27. The van der Waals surface area contributed by atoms with E-state index in [1.165, 1.54) is 115 Å². The van der Waals surface area contributed by atoms with Crippen LogP contribution in [0.5, 0.6) is 0 Å². The minimum absolute atomic E-state index is 0.299. The lowest BCUT2D eigenvalue weighted by molar-refractivity contribution is 0.180. The van der Waals surface area contributed by atoms with Crippen LogP contribution in [0.2, 0.25) is 12.1 Å². The van der Waals surface area contributed by atoms with Gasteiger partial charge in [0.05, 0.1) is 0 Å². The fourth-order valence-corrected chi connectivity index (χ4v) is 6.57. The molecule has 0 saturated carbocycles. The molecule has 0 fully saturated rings. The van der Waals surface area contributed by atoms with Crippen molar-refractivity contribution in [3.8, 4) is 0 Å². The average molecular weight is 431 g/mol. The van der Waals surface area contributed by atoms with Crippen molar-refractivity contribution >= 4 is 19.5 Å². The Balaban J connectivity index is 3.71. The van der Waals surface area contributed by atoms with E-state index in [2.05, 4.69) is 27.7 Å². The zero-order valence-electron chi connectivity index (χ0n) is 20.1. The third-order valence-electron chi connectivity index (χ3n) is 5.76. The highest BCUT2D eigenvalue weighted by Gasteiger charge is 2.09. The summed E-state index contributed by atoms with van der Waals surface area (Å²) in [6.07, 6.45) is 22.5. The molecule has 0 aliphatic heterocycles. The molecule has 0 aromatic heterocycles. The van der Waals surface area contributed by atoms with Gasteiger partial charge in [-0.05, 0) is 37.8 Å². The van der Waals surface area contributed by atoms with E-state index in [1.54, 1.807) is 0 Å². The highest BCUT2D eigenvalue weighted by atomic mass is 28.2. The second-order valence-corrected chi connectivity index (χ2v) is 11.6. The smallest absolute Gasteiger partial charge is 0.161 e. The molecule has 0 saturated heterocycles. The lowest BCUT2D eigenvalue weighted by atomic mass is 10.1. The summed E-state index contributed by atoms with van der Waals surface area (Å²) in [6.45, 7) is 9.17. The standard InChI is InChI=1S/C24H54O2Si2/c1-5-9-13-19-23(17-11-7-3)25-27-21-15-16-22-28-26-24(18-12-8-4)20-14-10-6-2/h23-24H,5-22,27-28H2,1-4H3. The molecule has 170 valence electrons. The number of rotatable bonds is 23. The number of hydrogen-bond donors (Lipinski definition) is 0. The molecule has 28 heavy (non-hydrogen) atoms. The molecule has 0 N–H and O–H groups in total. The topological polar surface area (TPSA) is 18.5 Å². The van der Waals surface area contributed by atoms with Crippen molar-refractivity contribution in [3.63, 3.8) is 0 Å². The van der Waals surface area contributed by atoms with Gasteiger partial charge in [0.2, 0.25) is 0 Å². The van der Waals surface area contributed by atoms with Crippen LogP contribution in [-0.4, -0.2) is 31.7 Å². The molecule has 0 amide bonds. The Kier molecular flexibility index (Phi) is 23.9. The number of hydrogen-bond acceptors (Lipinski definition) is 2. The first kappa shape index (κ1) is 28.4. The minimum atomic E-state index is -0.299. The Morgan fingerprint density at radius 2 is 0.821 bits per heavy atom. The largest absolute Gasteiger partial charge is 0.421 e. The fourth-order valence-electron chi connectivity index (χ4n) is 3.79. The molecular formula is C24H54O2Si2. The van der Waals surface area contributed by atoms with Crippen molar-refractivity contribution in [2.24, 2.45) is 0 Å². The first-order valence-corrected chi connectivity index (χ1v) is 16.2. The van der Waals surface area contributed by atoms with Crippen LogP contribution in [0, 0.1) is 0 Å². The molecule has 0 bridgehead atoms. The molecule has 0 aliphatic rings. The van der Waals surface area contributed by atoms with Gasteiger partial charge in [-0.2, -0.15) is 0 Å². The van der Waals surface area contributed by atoms with Gasteiger partial charge in [0.15, 0.2) is 19.5 Å². The van der Waals surface area contributed by atoms with Gasteiger partial charge in [-0.3, -0.25) is 0 Å². The quantitative estimate of drug-likeness (QED) is 0.127. The van der Waals surface area contributed by atoms with E-state index in [9.17, 15) is 0 Å². The summed E-state index contributed by atoms with van der Waals surface area (Å²) in [7, 11) is -0.598. The molecular weight excluding hydrogens is 376 g/mol. The summed E-state index contributed by atoms with van der Waals surface area (Å²) in [5, 5.41) is 0. The van der Waals surface area contributed by atoms with Crippen LogP contribution in [0.1, 0.15) is 130 Å². The molecule has 0 aliphatic carbocycles. The normalized spacial score (nSPS) is 14.6. The van der Waals surface area contributed by atoms with Crippen LogP contribution >= 0.6 is 0 Å². The molecule has 0 spiro atoms. The second kappa shape index (κ2) is 23.6. The van der Waals surface area contributed by atoms with Gasteiger partial charge >= 0.3 is 0 Å². The van der Waals surface area contributed by atoms with Gasteiger partial charge in [-0.25, -0.2) is 0 Å². The van der Waals surface area contributed by atoms with E-state index in [0.717, 1.165) is 0 Å². The van der Waals surface area contributed by atoms with Gasteiger partial charge in [-0.1, -0.05) is 105 Å². The van der Waals surface area contributed by atoms with Crippen molar-refractivity contribution in [2.45, 2.75) is 155 Å². The molecule has 2 nitrogen and oxygen atoms in total. The minimum Gasteiger partial charge on any atom is -0.421 e. The third-order valence-corrected chi connectivity index (χ3v) is 8.76. The van der Waals surface area contributed by atoms with Crippen molar-refractivity contribution < 1.29 is 8.85 Å². The molecule has 0 rings (SSSR count). The highest BCUT2D eigenvalue weighted by Crippen LogP contribution is 2.15. The van der Waals surface area contributed by atoms with E-state index in [4.69, 9.17) is 8.85 Å². The van der Waals surface area contributed by atoms with Crippen molar-refractivity contribution in [1.29, 1.82) is 0 Å². The Morgan fingerprint density at radius 3 is 1.18 bits per heavy atom. The van der Waals surface area contributed by atoms with Crippen LogP contribution in [0.15, 0.2) is 0 Å². The van der Waals surface area contributed by atoms with Gasteiger partial charge in [0.1, 0.15) is 0 Å². The van der Waals surface area contributed by atoms with Gasteiger partial charge in [0, 0.05) is 12.2 Å². The maximum Gasteiger partial charge on any atom is 0.161 e. The van der Waals surface area contributed by atoms with Crippen molar-refractivity contribution in [2.75, 3.05) is 0 Å². The first-order chi connectivity index (χ1) is 13.8. The van der Waals surface area contributed by atoms with Crippen LogP contribution in [0.25, 0.3) is 0 Å². The van der Waals surface area contributed by atoms with E-state index < -0.39 is 0 Å². The predicted molar refractivity (Wildman–Crippen MR) is 133 cm³/mol. The average Bonchev–Trinajstić information content (AvgIpc) is 2.71. The summed E-state index contributed by atoms with van der Waals surface area (Å²) >= 11 is 0. The lowest BCUT2D eigenvalue weighted by Gasteiger charge is -2.18. The second-order valence-electron chi connectivity index (χ2n) is 8.68. The first-order valence-electron chi connectivity index (χ1n) is 13.0. The van der Waals surface area contributed by atoms with Crippen molar-refractivity contribution in [1.82, 2.24) is 0 Å². The Labute approximate surface area is 183 Å². The van der Waals surface area contributed by atoms with Crippen LogP contribution in [0.3, 0.4) is 0 Å². The summed E-state index contributed by atoms with van der Waals surface area (Å²) < 4.78 is 12.7. The third kappa shape index (κ3) is 19.7. The molecule has 0 aromatic carbocycles. The van der Waals surface area contributed by atoms with E-state index in [-0.39, 0.29) is 19.5 Å². The number of unbranched alkanes of at least 4 members (excludes halogenated alkanes) is 7. The maximum atomic E-state index is 6.35. The summed E-state index contributed by atoms with van der Waals surface area (Å²) in [5.74, 6) is 0. The van der Waals surface area contributed by atoms with Crippen LogP contribution in [0.4, 0.5) is 0 Å². The van der Waals surface area contributed by atoms with Crippen molar-refractivity contribution in [3.05, 3.63) is 0 Å². The molecule has 2 atom stereocenters. The zero-order valence-corrected chi connectivity index (χ0v) is 22.9. The zero-order chi connectivity index (χ0) is 20.7. The van der Waals surface area contributed by atoms with E-state index in [1.807, 2.05) is 0 Å². The van der Waals surface area contributed by atoms with E-state index >= 15 is 0 Å². The maximum absolute atomic E-state index is 6.35. The van der Waals surface area contributed by atoms with Crippen LogP contribution in [-0.2, 0) is 8.85 Å². The predicted octanol–water partition coefficient (Wildman–Crippen LogP) is 7.08. The Bertz CT molecular complexity index is 262. The molecule has 0 radical (unpaired) electrons. The summed E-state index contributed by atoms with van der Waals surface area (Å²) in [5.41, 5.74) is 0. The van der Waals surface area contributed by atoms with Gasteiger partial charge in [-0.15, -0.1) is 0 Å². The van der Waals surface area contributed by atoms with Crippen LogP contribution < -0.4 is 0 Å². The molecule has 4 heteroatoms. The Hall–Kier alpha value is 0.354. The summed E-state index contributed by atoms with van der Waals surface area (Å²) in [4.78, 5) is 0. The summed E-state index contributed by atoms with van der Waals surface area (Å²) in [6, 6.07) is 2.75. The monoisotopic (exact) mass is 430 g/mol. The van der Waals surface area contributed by atoms with Gasteiger partial charge < -0.3 is 8.85 Å². The SMILES string of the molecule is CCCCCC(CCCC)O[SiH2]CCCC[SiH2]OC(CCCC)CCCCC. The fraction of sp³-hybridized carbons (Fsp3) is 1.00. The molecule has 0 aromatic rings. The van der Waals surface area contributed by atoms with Gasteiger partial charge in [0.25, 0.3) is 0 Å². The molecule has 0 heterocycles.